The van der Waals surface area contributed by atoms with Gasteiger partial charge in [0.25, 0.3) is 0 Å². The van der Waals surface area contributed by atoms with Gasteiger partial charge in [-0.05, 0) is 6.42 Å². The van der Waals surface area contributed by atoms with Crippen LogP contribution in [0.2, 0.25) is 0 Å². The number of nitrogens with two attached hydrogens (primary N) is 1. The Labute approximate surface area is 46.8 Å². The van der Waals surface area contributed by atoms with Gasteiger partial charge in [-0.15, -0.1) is 0 Å². The first kappa shape index (κ1) is 5.15. The Morgan fingerprint density at radius 3 is 2.25 bits per heavy atom. The molecule has 0 heterocycles. The van der Waals surface area contributed by atoms with Crippen molar-refractivity contribution in [2.75, 3.05) is 0 Å². The fourth-order valence-electron chi connectivity index (χ4n) is 0.664. The van der Waals surface area contributed by atoms with E-state index in [1.54, 1.807) is 0 Å². The van der Waals surface area contributed by atoms with Gasteiger partial charge in [-0.1, -0.05) is 0 Å². The van der Waals surface area contributed by atoms with Gasteiger partial charge in [0.15, 0.2) is 11.5 Å². The highest BCUT2D eigenvalue weighted by Crippen LogP contribution is 2.14. The maximum absolute atomic E-state index is 10.4. The van der Waals surface area contributed by atoms with Crippen LogP contribution in [0.15, 0.2) is 11.5 Å². The van der Waals surface area contributed by atoms with E-state index in [1.165, 1.54) is 0 Å². The first-order valence-electron chi connectivity index (χ1n) is 2.42. The zero-order valence-electron chi connectivity index (χ0n) is 4.35. The minimum Gasteiger partial charge on any atom is -0.503 e. The van der Waals surface area contributed by atoms with Gasteiger partial charge in [-0.2, -0.15) is 0 Å². The Hall–Kier alpha value is -0.990. The third-order valence-corrected chi connectivity index (χ3v) is 1.19. The van der Waals surface area contributed by atoms with E-state index in [-0.39, 0.29) is 11.5 Å². The molecule has 0 bridgehead atoms. The third-order valence-electron chi connectivity index (χ3n) is 1.19. The molecular formula is C5H7NO2. The van der Waals surface area contributed by atoms with E-state index in [0.29, 0.717) is 18.5 Å². The summed E-state index contributed by atoms with van der Waals surface area (Å²) in [5.74, 6) is -0.465. The van der Waals surface area contributed by atoms with Gasteiger partial charge in [0.1, 0.15) is 0 Å². The highest BCUT2D eigenvalue weighted by molar-refractivity contribution is 5.96. The van der Waals surface area contributed by atoms with Crippen molar-refractivity contribution >= 4 is 5.78 Å². The van der Waals surface area contributed by atoms with Crippen LogP contribution >= 0.6 is 0 Å². The van der Waals surface area contributed by atoms with Crippen LogP contribution < -0.4 is 5.73 Å². The Morgan fingerprint density at radius 2 is 2.12 bits per heavy atom. The molecule has 1 aliphatic rings. The van der Waals surface area contributed by atoms with Gasteiger partial charge in [-0.3, -0.25) is 4.79 Å². The van der Waals surface area contributed by atoms with E-state index in [9.17, 15) is 4.79 Å². The number of hydrogen-bond donors (Lipinski definition) is 2. The van der Waals surface area contributed by atoms with Crippen molar-refractivity contribution in [3.8, 4) is 0 Å². The summed E-state index contributed by atoms with van der Waals surface area (Å²) in [6, 6.07) is 0. The molecule has 0 saturated heterocycles. The van der Waals surface area contributed by atoms with Crippen LogP contribution in [-0.2, 0) is 4.79 Å². The van der Waals surface area contributed by atoms with Crippen molar-refractivity contribution in [1.82, 2.24) is 0 Å². The predicted molar refractivity (Wildman–Crippen MR) is 28.1 cm³/mol. The number of Topliss-reactive ketones (excluding diaryl/α,β-unsaturated/α-hetero) is 1. The lowest BCUT2D eigenvalue weighted by molar-refractivity contribution is -0.117. The predicted octanol–water partition coefficient (Wildman–Crippen LogP) is 0.0776. The fourth-order valence-corrected chi connectivity index (χ4v) is 0.664. The first-order valence-corrected chi connectivity index (χ1v) is 2.42. The summed E-state index contributed by atoms with van der Waals surface area (Å²) in [6.07, 6.45) is 0.891. The number of carbonyl (C=O) groups excluding carboxylic acids is 1. The average molecular weight is 113 g/mol. The molecule has 1 aliphatic carbocycles. The molecule has 0 fully saturated rings. The Kier molecular flexibility index (Phi) is 0.970. The van der Waals surface area contributed by atoms with Crippen molar-refractivity contribution in [2.45, 2.75) is 12.8 Å². The quantitative estimate of drug-likeness (QED) is 0.467. The standard InChI is InChI=1S/C5H7NO2/c6-3-1-2-4(7)5(3)8/h8H,1-2,6H2. The minimum absolute atomic E-state index is 0.231. The van der Waals surface area contributed by atoms with Gasteiger partial charge in [0.05, 0.1) is 5.70 Å². The topological polar surface area (TPSA) is 63.3 Å². The normalized spacial score (nSPS) is 20.2. The molecular weight excluding hydrogens is 106 g/mol. The van der Waals surface area contributed by atoms with Gasteiger partial charge < -0.3 is 10.8 Å². The number of aliphatic hydroxyl groups excluding tert-OH is 1. The summed E-state index contributed by atoms with van der Waals surface area (Å²) < 4.78 is 0. The van der Waals surface area contributed by atoms with Crippen molar-refractivity contribution in [3.63, 3.8) is 0 Å². The maximum Gasteiger partial charge on any atom is 0.199 e. The van der Waals surface area contributed by atoms with Crippen molar-refractivity contribution in [3.05, 3.63) is 11.5 Å². The van der Waals surface area contributed by atoms with Crippen LogP contribution in [0.25, 0.3) is 0 Å². The van der Waals surface area contributed by atoms with Gasteiger partial charge in [0, 0.05) is 6.42 Å². The Balaban J connectivity index is 2.86. The number of hydrogen-bond acceptors (Lipinski definition) is 3. The Bertz CT molecular complexity index is 160. The van der Waals surface area contributed by atoms with E-state index in [2.05, 4.69) is 0 Å². The molecule has 3 heteroatoms. The Morgan fingerprint density at radius 1 is 1.50 bits per heavy atom. The van der Waals surface area contributed by atoms with Crippen LogP contribution in [-0.4, -0.2) is 10.9 Å². The lowest BCUT2D eigenvalue weighted by Crippen LogP contribution is -1.98. The van der Waals surface area contributed by atoms with Gasteiger partial charge >= 0.3 is 0 Å². The van der Waals surface area contributed by atoms with Gasteiger partial charge in [-0.25, -0.2) is 0 Å². The molecule has 0 saturated carbocycles. The lowest BCUT2D eigenvalue weighted by atomic mass is 10.3. The number of aliphatic hydroxyl groups is 1. The van der Waals surface area contributed by atoms with E-state index < -0.39 is 0 Å². The number of rotatable bonds is 0. The van der Waals surface area contributed by atoms with E-state index >= 15 is 0 Å². The lowest BCUT2D eigenvalue weighted by Gasteiger charge is -1.86. The van der Waals surface area contributed by atoms with E-state index in [1.807, 2.05) is 0 Å². The molecule has 0 aromatic rings. The molecule has 0 unspecified atom stereocenters. The van der Waals surface area contributed by atoms with E-state index in [0.717, 1.165) is 0 Å². The molecule has 0 aromatic heterocycles. The highest BCUT2D eigenvalue weighted by Gasteiger charge is 2.18. The highest BCUT2D eigenvalue weighted by atomic mass is 16.3. The van der Waals surface area contributed by atoms with Crippen LogP contribution in [0.1, 0.15) is 12.8 Å². The van der Waals surface area contributed by atoms with Crippen molar-refractivity contribution in [1.29, 1.82) is 0 Å². The molecule has 1 rings (SSSR count). The fraction of sp³-hybridized carbons (Fsp3) is 0.400. The molecule has 8 heavy (non-hydrogen) atoms. The molecule has 0 amide bonds. The van der Waals surface area contributed by atoms with Crippen LogP contribution in [0.4, 0.5) is 0 Å². The largest absolute Gasteiger partial charge is 0.503 e. The molecule has 0 aliphatic heterocycles. The molecule has 0 aromatic carbocycles. The van der Waals surface area contributed by atoms with Crippen LogP contribution in [0.5, 0.6) is 0 Å². The second-order valence-corrected chi connectivity index (χ2v) is 1.80. The minimum atomic E-state index is -0.234. The number of ketones is 1. The van der Waals surface area contributed by atoms with Gasteiger partial charge in [0.2, 0.25) is 0 Å². The van der Waals surface area contributed by atoms with Crippen molar-refractivity contribution < 1.29 is 9.90 Å². The summed E-state index contributed by atoms with van der Waals surface area (Å²) in [5.41, 5.74) is 5.51. The summed E-state index contributed by atoms with van der Waals surface area (Å²) in [4.78, 5) is 10.4. The zero-order chi connectivity index (χ0) is 6.15. The molecule has 3 N–H and O–H groups in total. The van der Waals surface area contributed by atoms with Crippen LogP contribution in [0.3, 0.4) is 0 Å². The molecule has 0 radical (unpaired) electrons. The summed E-state index contributed by atoms with van der Waals surface area (Å²) in [5, 5.41) is 8.67. The first-order chi connectivity index (χ1) is 3.72. The SMILES string of the molecule is NC1=C(O)C(=O)CC1. The number of allylic oxidation sites excluding steroid dienone is 2. The molecule has 0 atom stereocenters. The maximum atomic E-state index is 10.4. The zero-order valence-corrected chi connectivity index (χ0v) is 4.35. The smallest absolute Gasteiger partial charge is 0.199 e. The third kappa shape index (κ3) is 0.559. The average Bonchev–Trinajstić information content (AvgIpc) is 1.98. The second-order valence-electron chi connectivity index (χ2n) is 1.80. The summed E-state index contributed by atoms with van der Waals surface area (Å²) >= 11 is 0. The van der Waals surface area contributed by atoms with Crippen LogP contribution in [0, 0.1) is 0 Å². The number of carbonyl (C=O) groups is 1. The molecule has 44 valence electrons. The summed E-state index contributed by atoms with van der Waals surface area (Å²) in [6.45, 7) is 0. The van der Waals surface area contributed by atoms with Crippen molar-refractivity contribution in [2.24, 2.45) is 5.73 Å². The monoisotopic (exact) mass is 113 g/mol. The summed E-state index contributed by atoms with van der Waals surface area (Å²) in [7, 11) is 0. The second kappa shape index (κ2) is 1.51. The van der Waals surface area contributed by atoms with E-state index in [4.69, 9.17) is 10.8 Å². The molecule has 0 spiro atoms. The molecule has 3 nitrogen and oxygen atoms in total.